The zero-order valence-electron chi connectivity index (χ0n) is 12.2. The van der Waals surface area contributed by atoms with E-state index in [0.717, 1.165) is 30.6 Å². The molecule has 0 aliphatic carbocycles. The van der Waals surface area contributed by atoms with Crippen molar-refractivity contribution < 1.29 is 4.74 Å². The average Bonchev–Trinajstić information content (AvgIpc) is 2.47. The van der Waals surface area contributed by atoms with Crippen molar-refractivity contribution in [2.75, 3.05) is 31.6 Å². The summed E-state index contributed by atoms with van der Waals surface area (Å²) in [5.41, 5.74) is 0. The number of rotatable bonds is 5. The molecule has 1 fully saturated rings. The van der Waals surface area contributed by atoms with Gasteiger partial charge in [0.05, 0.1) is 6.61 Å². The summed E-state index contributed by atoms with van der Waals surface area (Å²) >= 11 is 0. The lowest BCUT2D eigenvalue weighted by Gasteiger charge is -2.35. The van der Waals surface area contributed by atoms with Crippen LogP contribution in [0.25, 0.3) is 0 Å². The second-order valence-corrected chi connectivity index (χ2v) is 5.16. The SMILES string of the molecule is CCOc1cccnc1N1CCC(C(C)NC)CC1. The van der Waals surface area contributed by atoms with E-state index in [1.807, 2.05) is 32.3 Å². The molecule has 0 saturated carbocycles. The maximum Gasteiger partial charge on any atom is 0.171 e. The summed E-state index contributed by atoms with van der Waals surface area (Å²) in [4.78, 5) is 6.85. The lowest BCUT2D eigenvalue weighted by atomic mass is 9.90. The molecule has 1 unspecified atom stereocenters. The number of aromatic nitrogens is 1. The highest BCUT2D eigenvalue weighted by Gasteiger charge is 2.25. The van der Waals surface area contributed by atoms with Crippen LogP contribution in [-0.4, -0.2) is 37.8 Å². The number of hydrogen-bond donors (Lipinski definition) is 1. The van der Waals surface area contributed by atoms with Crippen molar-refractivity contribution in [1.82, 2.24) is 10.3 Å². The fourth-order valence-electron chi connectivity index (χ4n) is 2.73. The molecule has 106 valence electrons. The molecule has 0 amide bonds. The van der Waals surface area contributed by atoms with Crippen molar-refractivity contribution in [2.24, 2.45) is 5.92 Å². The van der Waals surface area contributed by atoms with Gasteiger partial charge in [0.2, 0.25) is 0 Å². The molecule has 2 rings (SSSR count). The Morgan fingerprint density at radius 1 is 1.47 bits per heavy atom. The van der Waals surface area contributed by atoms with Gasteiger partial charge < -0.3 is 15.0 Å². The van der Waals surface area contributed by atoms with Gasteiger partial charge in [-0.2, -0.15) is 0 Å². The van der Waals surface area contributed by atoms with Crippen LogP contribution in [0.15, 0.2) is 18.3 Å². The average molecular weight is 263 g/mol. The summed E-state index contributed by atoms with van der Waals surface area (Å²) in [6.45, 7) is 7.10. The predicted octanol–water partition coefficient (Wildman–Crippen LogP) is 2.30. The van der Waals surface area contributed by atoms with Crippen LogP contribution in [0.5, 0.6) is 5.75 Å². The quantitative estimate of drug-likeness (QED) is 0.884. The molecule has 4 heteroatoms. The van der Waals surface area contributed by atoms with Gasteiger partial charge in [0.25, 0.3) is 0 Å². The third-order valence-corrected chi connectivity index (χ3v) is 4.05. The van der Waals surface area contributed by atoms with Gasteiger partial charge in [-0.15, -0.1) is 0 Å². The Bertz CT molecular complexity index is 389. The number of pyridine rings is 1. The van der Waals surface area contributed by atoms with Crippen molar-refractivity contribution in [3.05, 3.63) is 18.3 Å². The zero-order valence-corrected chi connectivity index (χ0v) is 12.2. The third-order valence-electron chi connectivity index (χ3n) is 4.05. The van der Waals surface area contributed by atoms with E-state index in [1.165, 1.54) is 12.8 Å². The number of nitrogens with zero attached hydrogens (tertiary/aromatic N) is 2. The Morgan fingerprint density at radius 3 is 2.84 bits per heavy atom. The van der Waals surface area contributed by atoms with Crippen LogP contribution in [0.4, 0.5) is 5.82 Å². The van der Waals surface area contributed by atoms with E-state index in [1.54, 1.807) is 0 Å². The van der Waals surface area contributed by atoms with Gasteiger partial charge in [-0.1, -0.05) is 0 Å². The van der Waals surface area contributed by atoms with Gasteiger partial charge in [0.1, 0.15) is 0 Å². The first-order chi connectivity index (χ1) is 9.26. The number of hydrogen-bond acceptors (Lipinski definition) is 4. The normalized spacial score (nSPS) is 18.4. The Kier molecular flexibility index (Phi) is 5.02. The fraction of sp³-hybridized carbons (Fsp3) is 0.667. The minimum absolute atomic E-state index is 0.595. The Morgan fingerprint density at radius 2 is 2.21 bits per heavy atom. The minimum Gasteiger partial charge on any atom is -0.490 e. The highest BCUT2D eigenvalue weighted by Crippen LogP contribution is 2.30. The second kappa shape index (κ2) is 6.75. The van der Waals surface area contributed by atoms with Crippen LogP contribution in [0.2, 0.25) is 0 Å². The van der Waals surface area contributed by atoms with Crippen LogP contribution in [0, 0.1) is 5.92 Å². The second-order valence-electron chi connectivity index (χ2n) is 5.16. The summed E-state index contributed by atoms with van der Waals surface area (Å²) in [5.74, 6) is 2.67. The van der Waals surface area contributed by atoms with Crippen LogP contribution < -0.4 is 15.0 Å². The molecule has 1 atom stereocenters. The van der Waals surface area contributed by atoms with Gasteiger partial charge in [-0.05, 0) is 51.8 Å². The molecule has 1 aromatic rings. The van der Waals surface area contributed by atoms with Crippen molar-refractivity contribution in [3.8, 4) is 5.75 Å². The Hall–Kier alpha value is -1.29. The summed E-state index contributed by atoms with van der Waals surface area (Å²) in [6, 6.07) is 4.54. The van der Waals surface area contributed by atoms with E-state index in [4.69, 9.17) is 4.74 Å². The molecule has 2 heterocycles. The van der Waals surface area contributed by atoms with E-state index >= 15 is 0 Å². The number of nitrogens with one attached hydrogen (secondary N) is 1. The Labute approximate surface area is 116 Å². The first-order valence-corrected chi connectivity index (χ1v) is 7.26. The molecule has 1 N–H and O–H groups in total. The summed E-state index contributed by atoms with van der Waals surface area (Å²) in [5, 5.41) is 3.36. The van der Waals surface area contributed by atoms with Crippen LogP contribution in [-0.2, 0) is 0 Å². The van der Waals surface area contributed by atoms with Gasteiger partial charge in [-0.3, -0.25) is 0 Å². The van der Waals surface area contributed by atoms with Gasteiger partial charge in [0, 0.05) is 25.3 Å². The first kappa shape index (κ1) is 14.1. The number of anilines is 1. The predicted molar refractivity (Wildman–Crippen MR) is 78.9 cm³/mol. The molecule has 0 aromatic carbocycles. The molecule has 1 saturated heterocycles. The van der Waals surface area contributed by atoms with E-state index < -0.39 is 0 Å². The summed E-state index contributed by atoms with van der Waals surface area (Å²) < 4.78 is 5.67. The van der Waals surface area contributed by atoms with Crippen LogP contribution >= 0.6 is 0 Å². The van der Waals surface area contributed by atoms with E-state index in [-0.39, 0.29) is 0 Å². The van der Waals surface area contributed by atoms with Crippen LogP contribution in [0.3, 0.4) is 0 Å². The maximum atomic E-state index is 5.67. The van der Waals surface area contributed by atoms with Crippen molar-refractivity contribution in [2.45, 2.75) is 32.7 Å². The standard InChI is InChI=1S/C15H25N3O/c1-4-19-14-6-5-9-17-15(14)18-10-7-13(8-11-18)12(2)16-3/h5-6,9,12-13,16H,4,7-8,10-11H2,1-3H3. The number of piperidine rings is 1. The summed E-state index contributed by atoms with van der Waals surface area (Å²) in [6.07, 6.45) is 4.27. The lowest BCUT2D eigenvalue weighted by molar-refractivity contribution is 0.315. The van der Waals surface area contributed by atoms with Crippen molar-refractivity contribution in [1.29, 1.82) is 0 Å². The van der Waals surface area contributed by atoms with Crippen LogP contribution in [0.1, 0.15) is 26.7 Å². The smallest absolute Gasteiger partial charge is 0.171 e. The van der Waals surface area contributed by atoms with Crippen molar-refractivity contribution >= 4 is 5.82 Å². The largest absolute Gasteiger partial charge is 0.490 e. The van der Waals surface area contributed by atoms with Gasteiger partial charge in [0.15, 0.2) is 11.6 Å². The molecule has 1 aliphatic rings. The monoisotopic (exact) mass is 263 g/mol. The molecule has 0 radical (unpaired) electrons. The van der Waals surface area contributed by atoms with Crippen molar-refractivity contribution in [3.63, 3.8) is 0 Å². The molecule has 1 aliphatic heterocycles. The highest BCUT2D eigenvalue weighted by molar-refractivity contribution is 5.52. The molecular formula is C15H25N3O. The van der Waals surface area contributed by atoms with E-state index in [2.05, 4.69) is 22.1 Å². The topological polar surface area (TPSA) is 37.4 Å². The molecule has 4 nitrogen and oxygen atoms in total. The molecule has 0 bridgehead atoms. The summed E-state index contributed by atoms with van der Waals surface area (Å²) in [7, 11) is 2.04. The van der Waals surface area contributed by atoms with Gasteiger partial charge in [-0.25, -0.2) is 4.98 Å². The molecule has 1 aromatic heterocycles. The van der Waals surface area contributed by atoms with E-state index in [9.17, 15) is 0 Å². The highest BCUT2D eigenvalue weighted by atomic mass is 16.5. The fourth-order valence-corrected chi connectivity index (χ4v) is 2.73. The Balaban J connectivity index is 2.01. The first-order valence-electron chi connectivity index (χ1n) is 7.26. The minimum atomic E-state index is 0.595. The van der Waals surface area contributed by atoms with E-state index in [0.29, 0.717) is 12.6 Å². The molecule has 19 heavy (non-hydrogen) atoms. The maximum absolute atomic E-state index is 5.67. The zero-order chi connectivity index (χ0) is 13.7. The third kappa shape index (κ3) is 3.38. The van der Waals surface area contributed by atoms with Gasteiger partial charge >= 0.3 is 0 Å². The lowest BCUT2D eigenvalue weighted by Crippen LogP contribution is -2.41. The number of ether oxygens (including phenoxy) is 1. The molecule has 0 spiro atoms. The molecular weight excluding hydrogens is 238 g/mol.